The predicted octanol–water partition coefficient (Wildman–Crippen LogP) is 0.522. The molecule has 3 N–H and O–H groups in total. The van der Waals surface area contributed by atoms with Gasteiger partial charge in [-0.1, -0.05) is 17.7 Å². The molecule has 14 heavy (non-hydrogen) atoms. The summed E-state index contributed by atoms with van der Waals surface area (Å²) in [6.45, 7) is -0.0499. The van der Waals surface area contributed by atoms with Crippen molar-refractivity contribution in [3.05, 3.63) is 28.8 Å². The molecule has 0 saturated carbocycles. The summed E-state index contributed by atoms with van der Waals surface area (Å²) in [5.74, 6) is 0. The molecule has 0 aliphatic carbocycles. The molecule has 1 aromatic rings. The Morgan fingerprint density at radius 1 is 1.43 bits per heavy atom. The average molecular weight is 236 g/mol. The highest BCUT2D eigenvalue weighted by atomic mass is 35.5. The monoisotopic (exact) mass is 235 g/mol. The van der Waals surface area contributed by atoms with Gasteiger partial charge < -0.3 is 5.11 Å². The number of rotatable bonds is 3. The van der Waals surface area contributed by atoms with E-state index in [2.05, 4.69) is 0 Å². The number of hydrogen-bond donors (Lipinski definition) is 2. The van der Waals surface area contributed by atoms with Crippen molar-refractivity contribution >= 4 is 21.6 Å². The van der Waals surface area contributed by atoms with Crippen LogP contribution in [0.4, 0.5) is 0 Å². The van der Waals surface area contributed by atoms with Crippen molar-refractivity contribution in [3.63, 3.8) is 0 Å². The van der Waals surface area contributed by atoms with E-state index in [1.165, 1.54) is 12.1 Å². The Labute approximate surface area is 87.4 Å². The van der Waals surface area contributed by atoms with Gasteiger partial charge in [0.2, 0.25) is 10.0 Å². The van der Waals surface area contributed by atoms with Crippen LogP contribution in [0.1, 0.15) is 5.56 Å². The lowest BCUT2D eigenvalue weighted by molar-refractivity contribution is 0.299. The van der Waals surface area contributed by atoms with Crippen molar-refractivity contribution in [2.75, 3.05) is 6.61 Å². The molecule has 0 aromatic heterocycles. The molecule has 1 rings (SSSR count). The third-order valence-electron chi connectivity index (χ3n) is 1.70. The molecule has 1 aromatic carbocycles. The van der Waals surface area contributed by atoms with Gasteiger partial charge in [0.25, 0.3) is 0 Å². The number of hydrogen-bond acceptors (Lipinski definition) is 3. The van der Waals surface area contributed by atoms with E-state index in [1.807, 2.05) is 0 Å². The maximum Gasteiger partial charge on any atom is 0.239 e. The Bertz CT molecular complexity index is 430. The van der Waals surface area contributed by atoms with Crippen LogP contribution in [-0.2, 0) is 16.4 Å². The van der Waals surface area contributed by atoms with Crippen molar-refractivity contribution in [3.8, 4) is 0 Å². The summed E-state index contributed by atoms with van der Waals surface area (Å²) in [5.41, 5.74) is 0.681. The van der Waals surface area contributed by atoms with Gasteiger partial charge in [-0.15, -0.1) is 0 Å². The SMILES string of the molecule is NS(=O)(=O)c1cc(CCO)ccc1Cl. The van der Waals surface area contributed by atoms with Gasteiger partial charge in [0.1, 0.15) is 4.90 Å². The molecule has 4 nitrogen and oxygen atoms in total. The summed E-state index contributed by atoms with van der Waals surface area (Å²) in [6.07, 6.45) is 0.375. The molecule has 0 aliphatic rings. The van der Waals surface area contributed by atoms with Gasteiger partial charge in [-0.25, -0.2) is 13.6 Å². The van der Waals surface area contributed by atoms with Gasteiger partial charge >= 0.3 is 0 Å². The normalized spacial score (nSPS) is 11.6. The first-order valence-electron chi connectivity index (χ1n) is 3.87. The number of benzene rings is 1. The lowest BCUT2D eigenvalue weighted by atomic mass is 10.2. The van der Waals surface area contributed by atoms with Gasteiger partial charge in [0.05, 0.1) is 5.02 Å². The first-order chi connectivity index (χ1) is 6.45. The molecule has 0 radical (unpaired) electrons. The minimum atomic E-state index is -3.79. The van der Waals surface area contributed by atoms with Gasteiger partial charge in [-0.05, 0) is 24.1 Å². The highest BCUT2D eigenvalue weighted by molar-refractivity contribution is 7.89. The Kier molecular flexibility index (Phi) is 3.49. The zero-order valence-corrected chi connectivity index (χ0v) is 8.85. The van der Waals surface area contributed by atoms with Crippen LogP contribution in [0.15, 0.2) is 23.1 Å². The largest absolute Gasteiger partial charge is 0.396 e. The summed E-state index contributed by atoms with van der Waals surface area (Å²) >= 11 is 5.66. The summed E-state index contributed by atoms with van der Waals surface area (Å²) in [4.78, 5) is -0.106. The topological polar surface area (TPSA) is 80.4 Å². The van der Waals surface area contributed by atoms with Crippen molar-refractivity contribution in [2.45, 2.75) is 11.3 Å². The first-order valence-corrected chi connectivity index (χ1v) is 5.79. The van der Waals surface area contributed by atoms with E-state index in [1.54, 1.807) is 6.07 Å². The third-order valence-corrected chi connectivity index (χ3v) is 3.10. The molecule has 0 fully saturated rings. The van der Waals surface area contributed by atoms with Crippen LogP contribution in [0, 0.1) is 0 Å². The summed E-state index contributed by atoms with van der Waals surface area (Å²) in [7, 11) is -3.79. The number of nitrogens with two attached hydrogens (primary N) is 1. The highest BCUT2D eigenvalue weighted by Gasteiger charge is 2.12. The fraction of sp³-hybridized carbons (Fsp3) is 0.250. The van der Waals surface area contributed by atoms with E-state index in [0.717, 1.165) is 0 Å². The van der Waals surface area contributed by atoms with Gasteiger partial charge in [-0.3, -0.25) is 0 Å². The lowest BCUT2D eigenvalue weighted by Crippen LogP contribution is -2.13. The van der Waals surface area contributed by atoms with Gasteiger partial charge in [-0.2, -0.15) is 0 Å². The fourth-order valence-electron chi connectivity index (χ4n) is 1.05. The molecule has 78 valence electrons. The van der Waals surface area contributed by atoms with E-state index >= 15 is 0 Å². The summed E-state index contributed by atoms with van der Waals surface area (Å²) < 4.78 is 22.1. The Hall–Kier alpha value is -0.620. The van der Waals surface area contributed by atoms with E-state index in [4.69, 9.17) is 21.8 Å². The molecule has 0 amide bonds. The number of aliphatic hydroxyl groups is 1. The second-order valence-electron chi connectivity index (χ2n) is 2.78. The molecule has 0 saturated heterocycles. The van der Waals surface area contributed by atoms with E-state index in [9.17, 15) is 8.42 Å². The quantitative estimate of drug-likeness (QED) is 0.802. The maximum absolute atomic E-state index is 11.0. The molecule has 0 spiro atoms. The Balaban J connectivity index is 3.22. The molecule has 0 aliphatic heterocycles. The van der Waals surface area contributed by atoms with Gasteiger partial charge in [0, 0.05) is 6.61 Å². The zero-order valence-electron chi connectivity index (χ0n) is 7.27. The van der Waals surface area contributed by atoms with Crippen LogP contribution in [-0.4, -0.2) is 20.1 Å². The second kappa shape index (κ2) is 4.27. The lowest BCUT2D eigenvalue weighted by Gasteiger charge is -2.04. The summed E-state index contributed by atoms with van der Waals surface area (Å²) in [6, 6.07) is 4.47. The van der Waals surface area contributed by atoms with E-state index in [0.29, 0.717) is 12.0 Å². The third kappa shape index (κ3) is 2.68. The number of aliphatic hydroxyl groups excluding tert-OH is 1. The van der Waals surface area contributed by atoms with E-state index < -0.39 is 10.0 Å². The zero-order chi connectivity index (χ0) is 10.8. The van der Waals surface area contributed by atoms with Gasteiger partial charge in [0.15, 0.2) is 0 Å². The molecular formula is C8H10ClNO3S. The van der Waals surface area contributed by atoms with Crippen LogP contribution >= 0.6 is 11.6 Å². The molecule has 0 bridgehead atoms. The second-order valence-corrected chi connectivity index (χ2v) is 4.72. The van der Waals surface area contributed by atoms with Crippen molar-refractivity contribution < 1.29 is 13.5 Å². The standard InChI is InChI=1S/C8H10ClNO3S/c9-7-2-1-6(3-4-11)5-8(7)14(10,12)13/h1-2,5,11H,3-4H2,(H2,10,12,13). The molecule has 0 heterocycles. The smallest absolute Gasteiger partial charge is 0.239 e. The molecule has 0 atom stereocenters. The predicted molar refractivity (Wildman–Crippen MR) is 53.6 cm³/mol. The number of sulfonamides is 1. The van der Waals surface area contributed by atoms with Crippen LogP contribution in [0.25, 0.3) is 0 Å². The van der Waals surface area contributed by atoms with Crippen LogP contribution < -0.4 is 5.14 Å². The minimum absolute atomic E-state index is 0.0499. The highest BCUT2D eigenvalue weighted by Crippen LogP contribution is 2.21. The fourth-order valence-corrected chi connectivity index (χ4v) is 2.15. The summed E-state index contributed by atoms with van der Waals surface area (Å²) in [5, 5.41) is 13.7. The van der Waals surface area contributed by atoms with Crippen LogP contribution in [0.3, 0.4) is 0 Å². The van der Waals surface area contributed by atoms with Crippen molar-refractivity contribution in [1.82, 2.24) is 0 Å². The Morgan fingerprint density at radius 2 is 2.07 bits per heavy atom. The minimum Gasteiger partial charge on any atom is -0.396 e. The van der Waals surface area contributed by atoms with Crippen LogP contribution in [0.2, 0.25) is 5.02 Å². The number of halogens is 1. The van der Waals surface area contributed by atoms with Crippen molar-refractivity contribution in [1.29, 1.82) is 0 Å². The van der Waals surface area contributed by atoms with Crippen LogP contribution in [0.5, 0.6) is 0 Å². The van der Waals surface area contributed by atoms with E-state index in [-0.39, 0.29) is 16.5 Å². The molecular weight excluding hydrogens is 226 g/mol. The molecule has 0 unspecified atom stereocenters. The average Bonchev–Trinajstić information content (AvgIpc) is 2.07. The molecule has 6 heteroatoms. The first kappa shape index (κ1) is 11.5. The maximum atomic E-state index is 11.0. The number of primary sulfonamides is 1. The van der Waals surface area contributed by atoms with Crippen molar-refractivity contribution in [2.24, 2.45) is 5.14 Å². The Morgan fingerprint density at radius 3 is 2.57 bits per heavy atom.